The van der Waals surface area contributed by atoms with Crippen LogP contribution in [0, 0.1) is 11.3 Å². The van der Waals surface area contributed by atoms with E-state index in [9.17, 15) is 14.7 Å². The number of fused-ring (bicyclic) bond motifs is 1. The molecule has 6 nitrogen and oxygen atoms in total. The van der Waals surface area contributed by atoms with Crippen molar-refractivity contribution in [2.45, 2.75) is 20.8 Å². The van der Waals surface area contributed by atoms with Crippen molar-refractivity contribution < 1.29 is 14.7 Å². The molecule has 1 heterocycles. The van der Waals surface area contributed by atoms with Gasteiger partial charge in [-0.15, -0.1) is 0 Å². The predicted molar refractivity (Wildman–Crippen MR) is 81.6 cm³/mol. The van der Waals surface area contributed by atoms with Gasteiger partial charge in [0.1, 0.15) is 17.0 Å². The summed E-state index contributed by atoms with van der Waals surface area (Å²) in [5.41, 5.74) is 0.626. The molecule has 0 radical (unpaired) electrons. The monoisotopic (exact) mass is 327 g/mol. The summed E-state index contributed by atoms with van der Waals surface area (Å²) in [6, 6.07) is 3.28. The minimum Gasteiger partial charge on any atom is -0.481 e. The second-order valence-electron chi connectivity index (χ2n) is 5.68. The lowest BCUT2D eigenvalue weighted by molar-refractivity contribution is -0.149. The fourth-order valence-electron chi connectivity index (χ4n) is 2.02. The largest absolute Gasteiger partial charge is 0.481 e. The maximum atomic E-state index is 12.3. The van der Waals surface area contributed by atoms with E-state index >= 15 is 0 Å². The van der Waals surface area contributed by atoms with Gasteiger partial charge in [0.2, 0.25) is 5.91 Å². The normalized spacial score (nSPS) is 13.1. The number of anilines is 1. The van der Waals surface area contributed by atoms with Gasteiger partial charge in [-0.25, -0.2) is 0 Å². The van der Waals surface area contributed by atoms with Gasteiger partial charge >= 0.3 is 5.97 Å². The van der Waals surface area contributed by atoms with E-state index < -0.39 is 23.2 Å². The summed E-state index contributed by atoms with van der Waals surface area (Å²) < 4.78 is 8.14. The van der Waals surface area contributed by atoms with Crippen LogP contribution in [0.2, 0.25) is 5.02 Å². The number of benzene rings is 1. The van der Waals surface area contributed by atoms with Gasteiger partial charge < -0.3 is 10.4 Å². The van der Waals surface area contributed by atoms with Crippen molar-refractivity contribution >= 4 is 51.9 Å². The molecule has 2 N–H and O–H groups in total. The first-order chi connectivity index (χ1) is 9.71. The van der Waals surface area contributed by atoms with Crippen LogP contribution in [0.1, 0.15) is 20.8 Å². The molecule has 112 valence electrons. The third kappa shape index (κ3) is 3.14. The number of carbonyl (C=O) groups excluding carboxylic acids is 1. The van der Waals surface area contributed by atoms with E-state index in [1.807, 2.05) is 0 Å². The summed E-state index contributed by atoms with van der Waals surface area (Å²) >= 11 is 7.07. The number of rotatable bonds is 3. The second kappa shape index (κ2) is 5.57. The van der Waals surface area contributed by atoms with Crippen LogP contribution in [0.5, 0.6) is 0 Å². The van der Waals surface area contributed by atoms with E-state index in [0.717, 1.165) is 11.7 Å². The lowest BCUT2D eigenvalue weighted by Gasteiger charge is -2.26. The average molecular weight is 328 g/mol. The molecule has 0 aliphatic carbocycles. The molecule has 0 saturated heterocycles. The highest BCUT2D eigenvalue weighted by Crippen LogP contribution is 2.32. The number of carboxylic acid groups (broad SMARTS) is 1. The van der Waals surface area contributed by atoms with Gasteiger partial charge in [0.25, 0.3) is 0 Å². The fraction of sp³-hybridized carbons (Fsp3) is 0.385. The van der Waals surface area contributed by atoms with Crippen LogP contribution in [0.25, 0.3) is 11.0 Å². The number of carboxylic acids is 1. The van der Waals surface area contributed by atoms with Gasteiger partial charge in [-0.3, -0.25) is 9.59 Å². The van der Waals surface area contributed by atoms with Crippen molar-refractivity contribution in [3.8, 4) is 0 Å². The number of nitrogens with zero attached hydrogens (tertiary/aromatic N) is 2. The molecule has 1 aromatic heterocycles. The molecule has 0 aliphatic rings. The summed E-state index contributed by atoms with van der Waals surface area (Å²) in [7, 11) is 0. The maximum Gasteiger partial charge on any atom is 0.316 e. The SMILES string of the molecule is CC(C)(C)C(C(=O)O)C(=O)Nc1c(Cl)ccc2nsnc12. The number of aliphatic carboxylic acids is 1. The molecule has 2 aromatic rings. The summed E-state index contributed by atoms with van der Waals surface area (Å²) in [5.74, 6) is -3.01. The summed E-state index contributed by atoms with van der Waals surface area (Å²) in [6.45, 7) is 5.08. The van der Waals surface area contributed by atoms with Crippen molar-refractivity contribution in [2.75, 3.05) is 5.32 Å². The van der Waals surface area contributed by atoms with Gasteiger partial charge in [-0.1, -0.05) is 32.4 Å². The molecule has 1 unspecified atom stereocenters. The molecule has 2 rings (SSSR count). The van der Waals surface area contributed by atoms with Crippen LogP contribution in [0.4, 0.5) is 5.69 Å². The number of carbonyl (C=O) groups is 2. The first-order valence-electron chi connectivity index (χ1n) is 6.16. The van der Waals surface area contributed by atoms with Gasteiger partial charge in [0.15, 0.2) is 0 Å². The highest BCUT2D eigenvalue weighted by Gasteiger charge is 2.38. The maximum absolute atomic E-state index is 12.3. The van der Waals surface area contributed by atoms with E-state index in [1.165, 1.54) is 0 Å². The molecule has 1 aromatic carbocycles. The fourth-order valence-corrected chi connectivity index (χ4v) is 2.76. The van der Waals surface area contributed by atoms with Crippen LogP contribution < -0.4 is 5.32 Å². The lowest BCUT2D eigenvalue weighted by Crippen LogP contribution is -2.39. The molecule has 1 atom stereocenters. The van der Waals surface area contributed by atoms with Gasteiger partial charge in [-0.2, -0.15) is 8.75 Å². The second-order valence-corrected chi connectivity index (χ2v) is 6.62. The Morgan fingerprint density at radius 3 is 2.57 bits per heavy atom. The molecule has 0 saturated carbocycles. The topological polar surface area (TPSA) is 92.2 Å². The third-order valence-electron chi connectivity index (χ3n) is 3.00. The predicted octanol–water partition coefficient (Wildman–Crippen LogP) is 3.03. The number of aromatic nitrogens is 2. The van der Waals surface area contributed by atoms with Crippen molar-refractivity contribution in [3.63, 3.8) is 0 Å². The molecule has 8 heteroatoms. The summed E-state index contributed by atoms with van der Waals surface area (Å²) in [6.07, 6.45) is 0. The van der Waals surface area contributed by atoms with E-state index in [0.29, 0.717) is 21.7 Å². The Morgan fingerprint density at radius 1 is 1.33 bits per heavy atom. The molecule has 0 fully saturated rings. The summed E-state index contributed by atoms with van der Waals surface area (Å²) in [5, 5.41) is 12.2. The quantitative estimate of drug-likeness (QED) is 0.845. The van der Waals surface area contributed by atoms with Crippen LogP contribution in [-0.4, -0.2) is 25.7 Å². The highest BCUT2D eigenvalue weighted by molar-refractivity contribution is 7.00. The zero-order valence-corrected chi connectivity index (χ0v) is 13.2. The number of halogens is 1. The van der Waals surface area contributed by atoms with Crippen molar-refractivity contribution in [1.29, 1.82) is 0 Å². The van der Waals surface area contributed by atoms with E-state index in [1.54, 1.807) is 32.9 Å². The molecule has 0 aliphatic heterocycles. The van der Waals surface area contributed by atoms with E-state index in [-0.39, 0.29) is 0 Å². The van der Waals surface area contributed by atoms with Crippen LogP contribution in [0.3, 0.4) is 0 Å². The Hall–Kier alpha value is -1.73. The van der Waals surface area contributed by atoms with Crippen LogP contribution >= 0.6 is 23.3 Å². The minimum atomic E-state index is -1.20. The Balaban J connectivity index is 2.39. The standard InChI is InChI=1S/C13H14ClN3O3S/c1-13(2,3)8(12(19)20)11(18)15-9-6(14)4-5-7-10(9)17-21-16-7/h4-5,8H,1-3H3,(H,15,18)(H,19,20). The average Bonchev–Trinajstić information content (AvgIpc) is 2.78. The minimum absolute atomic E-state index is 0.293. The molecule has 21 heavy (non-hydrogen) atoms. The number of amides is 1. The van der Waals surface area contributed by atoms with Crippen molar-refractivity contribution in [2.24, 2.45) is 11.3 Å². The number of nitrogens with one attached hydrogen (secondary N) is 1. The highest BCUT2D eigenvalue weighted by atomic mass is 35.5. The van der Waals surface area contributed by atoms with Crippen molar-refractivity contribution in [3.05, 3.63) is 17.2 Å². The molecule has 1 amide bonds. The zero-order chi connectivity index (χ0) is 15.8. The molecular weight excluding hydrogens is 314 g/mol. The van der Waals surface area contributed by atoms with Gasteiger partial charge in [0, 0.05) is 0 Å². The Morgan fingerprint density at radius 2 is 2.00 bits per heavy atom. The first kappa shape index (κ1) is 15.7. The Labute approximate surface area is 130 Å². The summed E-state index contributed by atoms with van der Waals surface area (Å²) in [4.78, 5) is 23.7. The Kier molecular flexibility index (Phi) is 4.15. The molecular formula is C13H14ClN3O3S. The van der Waals surface area contributed by atoms with E-state index in [2.05, 4.69) is 14.1 Å². The third-order valence-corrected chi connectivity index (χ3v) is 3.86. The number of hydrogen-bond acceptors (Lipinski definition) is 5. The smallest absolute Gasteiger partial charge is 0.316 e. The van der Waals surface area contributed by atoms with Crippen LogP contribution in [0.15, 0.2) is 12.1 Å². The molecule has 0 bridgehead atoms. The number of hydrogen-bond donors (Lipinski definition) is 2. The van der Waals surface area contributed by atoms with Gasteiger partial charge in [-0.05, 0) is 17.5 Å². The first-order valence-corrected chi connectivity index (χ1v) is 7.27. The van der Waals surface area contributed by atoms with E-state index in [4.69, 9.17) is 11.6 Å². The van der Waals surface area contributed by atoms with Gasteiger partial charge in [0.05, 0.1) is 22.4 Å². The van der Waals surface area contributed by atoms with Crippen LogP contribution in [-0.2, 0) is 9.59 Å². The molecule has 0 spiro atoms. The van der Waals surface area contributed by atoms with Crippen molar-refractivity contribution in [1.82, 2.24) is 8.75 Å². The lowest BCUT2D eigenvalue weighted by atomic mass is 9.80. The Bertz CT molecular complexity index is 708. The zero-order valence-electron chi connectivity index (χ0n) is 11.7.